The van der Waals surface area contributed by atoms with Crippen LogP contribution in [0.3, 0.4) is 0 Å². The summed E-state index contributed by atoms with van der Waals surface area (Å²) in [6.07, 6.45) is 4.24. The van der Waals surface area contributed by atoms with Crippen molar-refractivity contribution in [3.05, 3.63) is 30.1 Å². The molecule has 1 aromatic heterocycles. The lowest BCUT2D eigenvalue weighted by atomic mass is 10.1. The number of thioether (sulfide) groups is 1. The number of hydrogen-bond acceptors (Lipinski definition) is 4. The van der Waals surface area contributed by atoms with E-state index >= 15 is 0 Å². The van der Waals surface area contributed by atoms with E-state index in [1.54, 1.807) is 24.2 Å². The van der Waals surface area contributed by atoms with Crippen LogP contribution in [0.5, 0.6) is 0 Å². The lowest BCUT2D eigenvalue weighted by molar-refractivity contribution is -0.143. The van der Waals surface area contributed by atoms with Gasteiger partial charge in [-0.05, 0) is 23.8 Å². The Balaban J connectivity index is 2.04. The summed E-state index contributed by atoms with van der Waals surface area (Å²) >= 11 is 1.79. The first-order chi connectivity index (χ1) is 7.77. The molecule has 4 nitrogen and oxygen atoms in total. The lowest BCUT2D eigenvalue weighted by Crippen LogP contribution is -2.43. The first kappa shape index (κ1) is 11.4. The summed E-state index contributed by atoms with van der Waals surface area (Å²) in [4.78, 5) is 17.1. The molecule has 0 saturated carbocycles. The molecule has 86 valence electrons. The summed E-state index contributed by atoms with van der Waals surface area (Å²) in [5, 5.41) is 9.12. The third kappa shape index (κ3) is 2.74. The monoisotopic (exact) mass is 238 g/mol. The molecular formula is C11H14N2O2S. The maximum Gasteiger partial charge on any atom is 0.320 e. The standard InChI is InChI=1S/C11H14N2O2S/c14-11(15)10-3-5-16-8-13(10)7-9-2-1-4-12-6-9/h1-2,4,6,10H,3,5,7-8H2,(H,14,15). The van der Waals surface area contributed by atoms with Gasteiger partial charge in [0.15, 0.2) is 0 Å². The van der Waals surface area contributed by atoms with E-state index in [4.69, 9.17) is 5.11 Å². The Kier molecular flexibility index (Phi) is 3.79. The van der Waals surface area contributed by atoms with Crippen molar-refractivity contribution in [1.82, 2.24) is 9.88 Å². The minimum Gasteiger partial charge on any atom is -0.480 e. The van der Waals surface area contributed by atoms with Gasteiger partial charge in [0, 0.05) is 24.8 Å². The fourth-order valence-electron chi connectivity index (χ4n) is 1.81. The molecule has 1 unspecified atom stereocenters. The van der Waals surface area contributed by atoms with Gasteiger partial charge in [-0.15, -0.1) is 11.8 Å². The third-order valence-corrected chi connectivity index (χ3v) is 3.67. The molecule has 1 fully saturated rings. The van der Waals surface area contributed by atoms with Gasteiger partial charge in [-0.25, -0.2) is 0 Å². The molecule has 1 N–H and O–H groups in total. The topological polar surface area (TPSA) is 53.4 Å². The zero-order valence-corrected chi connectivity index (χ0v) is 9.69. The number of carboxylic acids is 1. The minimum atomic E-state index is -0.718. The van der Waals surface area contributed by atoms with Crippen LogP contribution in [0.4, 0.5) is 0 Å². The second-order valence-electron chi connectivity index (χ2n) is 3.79. The predicted molar refractivity (Wildman–Crippen MR) is 63.1 cm³/mol. The first-order valence-electron chi connectivity index (χ1n) is 5.21. The fourth-order valence-corrected chi connectivity index (χ4v) is 2.84. The van der Waals surface area contributed by atoms with Gasteiger partial charge in [-0.2, -0.15) is 0 Å². The largest absolute Gasteiger partial charge is 0.480 e. The molecule has 2 rings (SSSR count). The van der Waals surface area contributed by atoms with E-state index in [2.05, 4.69) is 4.98 Å². The second kappa shape index (κ2) is 5.32. The number of aromatic nitrogens is 1. The molecule has 0 spiro atoms. The number of carboxylic acid groups (broad SMARTS) is 1. The maximum atomic E-state index is 11.1. The molecule has 5 heteroatoms. The van der Waals surface area contributed by atoms with E-state index in [0.29, 0.717) is 6.54 Å². The average Bonchev–Trinajstić information content (AvgIpc) is 2.31. The zero-order valence-electron chi connectivity index (χ0n) is 8.87. The van der Waals surface area contributed by atoms with E-state index in [-0.39, 0.29) is 6.04 Å². The van der Waals surface area contributed by atoms with Gasteiger partial charge in [0.05, 0.1) is 0 Å². The van der Waals surface area contributed by atoms with Crippen molar-refractivity contribution in [2.75, 3.05) is 11.6 Å². The highest BCUT2D eigenvalue weighted by atomic mass is 32.2. The van der Waals surface area contributed by atoms with E-state index in [1.165, 1.54) is 0 Å². The van der Waals surface area contributed by atoms with Crippen molar-refractivity contribution in [3.8, 4) is 0 Å². The van der Waals surface area contributed by atoms with Crippen LogP contribution in [0.25, 0.3) is 0 Å². The molecule has 0 radical (unpaired) electrons. The van der Waals surface area contributed by atoms with Gasteiger partial charge in [-0.3, -0.25) is 14.7 Å². The van der Waals surface area contributed by atoms with E-state index in [9.17, 15) is 4.79 Å². The van der Waals surface area contributed by atoms with Crippen molar-refractivity contribution in [3.63, 3.8) is 0 Å². The maximum absolute atomic E-state index is 11.1. The summed E-state index contributed by atoms with van der Waals surface area (Å²) < 4.78 is 0. The van der Waals surface area contributed by atoms with Gasteiger partial charge in [0.2, 0.25) is 0 Å². The Morgan fingerprint density at radius 1 is 1.69 bits per heavy atom. The molecule has 0 aromatic carbocycles. The van der Waals surface area contributed by atoms with Crippen molar-refractivity contribution >= 4 is 17.7 Å². The first-order valence-corrected chi connectivity index (χ1v) is 6.36. The Labute approximate surface area is 98.7 Å². The van der Waals surface area contributed by atoms with Crippen LogP contribution in [0, 0.1) is 0 Å². The summed E-state index contributed by atoms with van der Waals surface area (Å²) in [5.74, 6) is 0.996. The Morgan fingerprint density at radius 3 is 3.25 bits per heavy atom. The summed E-state index contributed by atoms with van der Waals surface area (Å²) in [7, 11) is 0. The van der Waals surface area contributed by atoms with Gasteiger partial charge in [-0.1, -0.05) is 6.07 Å². The molecule has 1 aromatic rings. The molecule has 2 heterocycles. The predicted octanol–water partition coefficient (Wildman–Crippen LogP) is 1.43. The van der Waals surface area contributed by atoms with Crippen molar-refractivity contribution in [2.24, 2.45) is 0 Å². The van der Waals surface area contributed by atoms with Gasteiger partial charge in [0.25, 0.3) is 0 Å². The fraction of sp³-hybridized carbons (Fsp3) is 0.455. The van der Waals surface area contributed by atoms with E-state index in [0.717, 1.165) is 23.6 Å². The van der Waals surface area contributed by atoms with Crippen LogP contribution in [-0.4, -0.2) is 38.6 Å². The van der Waals surface area contributed by atoms with Crippen LogP contribution in [0.15, 0.2) is 24.5 Å². The zero-order chi connectivity index (χ0) is 11.4. The minimum absolute atomic E-state index is 0.346. The second-order valence-corrected chi connectivity index (χ2v) is 4.86. The Bertz CT molecular complexity index is 358. The highest BCUT2D eigenvalue weighted by molar-refractivity contribution is 7.99. The van der Waals surface area contributed by atoms with Crippen LogP contribution >= 0.6 is 11.8 Å². The van der Waals surface area contributed by atoms with Crippen LogP contribution in [-0.2, 0) is 11.3 Å². The normalized spacial score (nSPS) is 21.9. The van der Waals surface area contributed by atoms with Crippen LogP contribution in [0.1, 0.15) is 12.0 Å². The molecule has 1 aliphatic heterocycles. The van der Waals surface area contributed by atoms with Crippen LogP contribution < -0.4 is 0 Å². The summed E-state index contributed by atoms with van der Waals surface area (Å²) in [5.41, 5.74) is 1.07. The number of carbonyl (C=O) groups is 1. The lowest BCUT2D eigenvalue weighted by Gasteiger charge is -2.32. The van der Waals surface area contributed by atoms with E-state index in [1.807, 2.05) is 17.0 Å². The van der Waals surface area contributed by atoms with Crippen molar-refractivity contribution in [2.45, 2.75) is 19.0 Å². The van der Waals surface area contributed by atoms with Crippen molar-refractivity contribution < 1.29 is 9.90 Å². The van der Waals surface area contributed by atoms with E-state index < -0.39 is 5.97 Å². The summed E-state index contributed by atoms with van der Waals surface area (Å²) in [6, 6.07) is 3.51. The molecule has 1 saturated heterocycles. The summed E-state index contributed by atoms with van der Waals surface area (Å²) in [6.45, 7) is 0.664. The molecule has 0 aliphatic carbocycles. The number of hydrogen-bond donors (Lipinski definition) is 1. The molecular weight excluding hydrogens is 224 g/mol. The van der Waals surface area contributed by atoms with Crippen LogP contribution in [0.2, 0.25) is 0 Å². The molecule has 16 heavy (non-hydrogen) atoms. The smallest absolute Gasteiger partial charge is 0.320 e. The highest BCUT2D eigenvalue weighted by Gasteiger charge is 2.28. The quantitative estimate of drug-likeness (QED) is 0.863. The number of nitrogens with zero attached hydrogens (tertiary/aromatic N) is 2. The Morgan fingerprint density at radius 2 is 2.56 bits per heavy atom. The highest BCUT2D eigenvalue weighted by Crippen LogP contribution is 2.22. The molecule has 1 atom stereocenters. The molecule has 1 aliphatic rings. The van der Waals surface area contributed by atoms with Gasteiger partial charge in [0.1, 0.15) is 6.04 Å². The van der Waals surface area contributed by atoms with Gasteiger partial charge >= 0.3 is 5.97 Å². The third-order valence-electron chi connectivity index (χ3n) is 2.63. The van der Waals surface area contributed by atoms with Crippen molar-refractivity contribution in [1.29, 1.82) is 0 Å². The average molecular weight is 238 g/mol. The number of pyridine rings is 1. The number of aliphatic carboxylic acids is 1. The van der Waals surface area contributed by atoms with Gasteiger partial charge < -0.3 is 5.11 Å². The molecule has 0 bridgehead atoms. The molecule has 0 amide bonds. The Hall–Kier alpha value is -1.07. The SMILES string of the molecule is O=C(O)C1CCSCN1Cc1cccnc1. The number of rotatable bonds is 3.